The van der Waals surface area contributed by atoms with Crippen molar-refractivity contribution in [1.82, 2.24) is 20.1 Å². The highest BCUT2D eigenvalue weighted by atomic mass is 16.2. The summed E-state index contributed by atoms with van der Waals surface area (Å²) in [7, 11) is 3.27. The van der Waals surface area contributed by atoms with Crippen molar-refractivity contribution >= 4 is 11.8 Å². The lowest BCUT2D eigenvalue weighted by Crippen LogP contribution is -2.47. The summed E-state index contributed by atoms with van der Waals surface area (Å²) in [5, 5.41) is 5.56. The molecule has 2 amide bonds. The highest BCUT2D eigenvalue weighted by molar-refractivity contribution is 5.94. The van der Waals surface area contributed by atoms with Crippen LogP contribution < -0.4 is 16.2 Å². The van der Waals surface area contributed by atoms with Crippen LogP contribution in [0.2, 0.25) is 0 Å². The SMILES string of the molecule is CNC(=O)CN1CCC(NC(=O)c2ccn(C)c(=O)c2)CC1. The Morgan fingerprint density at radius 1 is 1.32 bits per heavy atom. The van der Waals surface area contributed by atoms with Crippen LogP contribution in [-0.2, 0) is 11.8 Å². The molecule has 7 heteroatoms. The summed E-state index contributed by atoms with van der Waals surface area (Å²) < 4.78 is 1.42. The first-order chi connectivity index (χ1) is 10.5. The van der Waals surface area contributed by atoms with Gasteiger partial charge in [-0.3, -0.25) is 19.3 Å². The molecule has 2 rings (SSSR count). The number of likely N-dealkylation sites (tertiary alicyclic amines) is 1. The minimum absolute atomic E-state index is 0.00242. The molecule has 0 atom stereocenters. The monoisotopic (exact) mass is 306 g/mol. The minimum Gasteiger partial charge on any atom is -0.358 e. The van der Waals surface area contributed by atoms with Crippen molar-refractivity contribution in [3.8, 4) is 0 Å². The normalized spacial score (nSPS) is 16.3. The minimum atomic E-state index is -0.220. The third kappa shape index (κ3) is 4.17. The number of nitrogens with zero attached hydrogens (tertiary/aromatic N) is 2. The van der Waals surface area contributed by atoms with Crippen LogP contribution in [-0.4, -0.2) is 54.0 Å². The fourth-order valence-electron chi connectivity index (χ4n) is 2.48. The molecule has 0 radical (unpaired) electrons. The molecule has 1 aliphatic rings. The zero-order chi connectivity index (χ0) is 16.1. The Balaban J connectivity index is 1.85. The Morgan fingerprint density at radius 2 is 2.00 bits per heavy atom. The van der Waals surface area contributed by atoms with Crippen molar-refractivity contribution in [2.45, 2.75) is 18.9 Å². The molecule has 7 nitrogen and oxygen atoms in total. The number of piperidine rings is 1. The quantitative estimate of drug-likeness (QED) is 0.772. The van der Waals surface area contributed by atoms with Gasteiger partial charge in [-0.25, -0.2) is 0 Å². The molecule has 0 bridgehead atoms. The van der Waals surface area contributed by atoms with Gasteiger partial charge in [0, 0.05) is 51.1 Å². The van der Waals surface area contributed by atoms with E-state index in [-0.39, 0.29) is 23.4 Å². The molecule has 2 heterocycles. The van der Waals surface area contributed by atoms with E-state index in [4.69, 9.17) is 0 Å². The van der Waals surface area contributed by atoms with Gasteiger partial charge < -0.3 is 15.2 Å². The van der Waals surface area contributed by atoms with Gasteiger partial charge in [-0.05, 0) is 18.9 Å². The largest absolute Gasteiger partial charge is 0.358 e. The number of likely N-dealkylation sites (N-methyl/N-ethyl adjacent to an activating group) is 1. The molecule has 22 heavy (non-hydrogen) atoms. The second-order valence-corrected chi connectivity index (χ2v) is 5.56. The van der Waals surface area contributed by atoms with Gasteiger partial charge in [0.25, 0.3) is 11.5 Å². The summed E-state index contributed by atoms with van der Waals surface area (Å²) in [4.78, 5) is 37.1. The van der Waals surface area contributed by atoms with Crippen LogP contribution in [0.25, 0.3) is 0 Å². The number of rotatable bonds is 4. The van der Waals surface area contributed by atoms with E-state index < -0.39 is 0 Å². The summed E-state index contributed by atoms with van der Waals surface area (Å²) in [6.07, 6.45) is 3.18. The molecule has 0 unspecified atom stereocenters. The summed E-state index contributed by atoms with van der Waals surface area (Å²) in [6.45, 7) is 1.94. The molecule has 0 aromatic carbocycles. The predicted molar refractivity (Wildman–Crippen MR) is 82.7 cm³/mol. The Kier molecular flexibility index (Phi) is 5.32. The zero-order valence-electron chi connectivity index (χ0n) is 13.0. The lowest BCUT2D eigenvalue weighted by molar-refractivity contribution is -0.122. The fourth-order valence-corrected chi connectivity index (χ4v) is 2.48. The average Bonchev–Trinajstić information content (AvgIpc) is 2.51. The van der Waals surface area contributed by atoms with Crippen LogP contribution in [0.3, 0.4) is 0 Å². The van der Waals surface area contributed by atoms with E-state index in [2.05, 4.69) is 15.5 Å². The van der Waals surface area contributed by atoms with Gasteiger partial charge in [-0.15, -0.1) is 0 Å². The zero-order valence-corrected chi connectivity index (χ0v) is 13.0. The van der Waals surface area contributed by atoms with Gasteiger partial charge in [-0.2, -0.15) is 0 Å². The number of nitrogens with one attached hydrogen (secondary N) is 2. The molecule has 0 spiro atoms. The molecule has 1 saturated heterocycles. The lowest BCUT2D eigenvalue weighted by Gasteiger charge is -2.31. The molecule has 2 N–H and O–H groups in total. The maximum absolute atomic E-state index is 12.1. The number of aromatic nitrogens is 1. The van der Waals surface area contributed by atoms with E-state index in [1.807, 2.05) is 0 Å². The van der Waals surface area contributed by atoms with Crippen molar-refractivity contribution in [3.05, 3.63) is 34.2 Å². The second-order valence-electron chi connectivity index (χ2n) is 5.56. The average molecular weight is 306 g/mol. The van der Waals surface area contributed by atoms with Gasteiger partial charge in [-0.1, -0.05) is 0 Å². The summed E-state index contributed by atoms with van der Waals surface area (Å²) >= 11 is 0. The third-order valence-electron chi connectivity index (χ3n) is 3.94. The fraction of sp³-hybridized carbons (Fsp3) is 0.533. The molecule has 1 aromatic heterocycles. The first-order valence-corrected chi connectivity index (χ1v) is 7.40. The molecule has 1 aromatic rings. The number of hydrogen-bond acceptors (Lipinski definition) is 4. The van der Waals surface area contributed by atoms with E-state index in [1.165, 1.54) is 10.6 Å². The van der Waals surface area contributed by atoms with Crippen LogP contribution in [0.4, 0.5) is 0 Å². The number of amides is 2. The number of carbonyl (C=O) groups is 2. The molecule has 120 valence electrons. The number of hydrogen-bond donors (Lipinski definition) is 2. The smallest absolute Gasteiger partial charge is 0.251 e. The Labute approximate surface area is 129 Å². The first-order valence-electron chi connectivity index (χ1n) is 7.40. The second kappa shape index (κ2) is 7.22. The van der Waals surface area contributed by atoms with Crippen molar-refractivity contribution in [3.63, 3.8) is 0 Å². The van der Waals surface area contributed by atoms with Gasteiger partial charge in [0.2, 0.25) is 5.91 Å². The number of carbonyl (C=O) groups excluding carboxylic acids is 2. The van der Waals surface area contributed by atoms with Crippen LogP contribution in [0.1, 0.15) is 23.2 Å². The van der Waals surface area contributed by atoms with Gasteiger partial charge in [0.15, 0.2) is 0 Å². The highest BCUT2D eigenvalue weighted by Gasteiger charge is 2.22. The van der Waals surface area contributed by atoms with Crippen LogP contribution in [0.15, 0.2) is 23.1 Å². The van der Waals surface area contributed by atoms with Crippen molar-refractivity contribution < 1.29 is 9.59 Å². The summed E-state index contributed by atoms with van der Waals surface area (Å²) in [5.41, 5.74) is 0.184. The van der Waals surface area contributed by atoms with Gasteiger partial charge in [0.1, 0.15) is 0 Å². The molecular formula is C15H22N4O3. The van der Waals surface area contributed by atoms with Gasteiger partial charge >= 0.3 is 0 Å². The Morgan fingerprint density at radius 3 is 2.59 bits per heavy atom. The molecular weight excluding hydrogens is 284 g/mol. The number of pyridine rings is 1. The van der Waals surface area contributed by atoms with Crippen molar-refractivity contribution in [1.29, 1.82) is 0 Å². The van der Waals surface area contributed by atoms with E-state index in [0.717, 1.165) is 25.9 Å². The third-order valence-corrected chi connectivity index (χ3v) is 3.94. The van der Waals surface area contributed by atoms with E-state index in [1.54, 1.807) is 26.4 Å². The van der Waals surface area contributed by atoms with Crippen LogP contribution in [0, 0.1) is 0 Å². The maximum atomic E-state index is 12.1. The molecule has 1 fully saturated rings. The standard InChI is InChI=1S/C15H22N4O3/c1-16-13(20)10-19-7-4-12(5-8-19)17-15(22)11-3-6-18(2)14(21)9-11/h3,6,9,12H,4-5,7-8,10H2,1-2H3,(H,16,20)(H,17,22). The maximum Gasteiger partial charge on any atom is 0.251 e. The van der Waals surface area contributed by atoms with Crippen LogP contribution in [0.5, 0.6) is 0 Å². The number of aryl methyl sites for hydroxylation is 1. The van der Waals surface area contributed by atoms with Crippen LogP contribution >= 0.6 is 0 Å². The summed E-state index contributed by atoms with van der Waals surface area (Å²) in [6, 6.07) is 3.06. The predicted octanol–water partition coefficient (Wildman–Crippen LogP) is -0.674. The lowest BCUT2D eigenvalue weighted by atomic mass is 10.0. The molecule has 0 aliphatic carbocycles. The highest BCUT2D eigenvalue weighted by Crippen LogP contribution is 2.10. The van der Waals surface area contributed by atoms with Crippen molar-refractivity contribution in [2.24, 2.45) is 7.05 Å². The molecule has 1 aliphatic heterocycles. The topological polar surface area (TPSA) is 83.4 Å². The van der Waals surface area contributed by atoms with Gasteiger partial charge in [0.05, 0.1) is 6.54 Å². The van der Waals surface area contributed by atoms with E-state index >= 15 is 0 Å². The summed E-state index contributed by atoms with van der Waals surface area (Å²) in [5.74, 6) is -0.218. The van der Waals surface area contributed by atoms with E-state index in [9.17, 15) is 14.4 Å². The Hall–Kier alpha value is -2.15. The van der Waals surface area contributed by atoms with E-state index in [0.29, 0.717) is 12.1 Å². The molecule has 0 saturated carbocycles. The Bertz CT molecular complexity index is 603. The van der Waals surface area contributed by atoms with Crippen molar-refractivity contribution in [2.75, 3.05) is 26.7 Å². The first kappa shape index (κ1) is 16.2.